The predicted molar refractivity (Wildman–Crippen MR) is 92.2 cm³/mol. The summed E-state index contributed by atoms with van der Waals surface area (Å²) in [5.41, 5.74) is 1.19. The number of carbonyl (C=O) groups excluding carboxylic acids is 1. The molecule has 1 aromatic carbocycles. The molecule has 0 aromatic heterocycles. The average Bonchev–Trinajstić information content (AvgIpc) is 2.39. The lowest BCUT2D eigenvalue weighted by atomic mass is 10.1. The molecule has 21 heavy (non-hydrogen) atoms. The van der Waals surface area contributed by atoms with Crippen LogP contribution in [-0.4, -0.2) is 40.9 Å². The fourth-order valence-electron chi connectivity index (χ4n) is 2.54. The van der Waals surface area contributed by atoms with E-state index in [0.717, 1.165) is 11.0 Å². The molecule has 0 bridgehead atoms. The smallest absolute Gasteiger partial charge is 0.240 e. The first-order chi connectivity index (χ1) is 9.75. The van der Waals surface area contributed by atoms with Crippen LogP contribution in [0.15, 0.2) is 28.7 Å². The van der Waals surface area contributed by atoms with E-state index in [1.54, 1.807) is 0 Å². The first-order valence-electron chi connectivity index (χ1n) is 7.51. The van der Waals surface area contributed by atoms with Gasteiger partial charge >= 0.3 is 0 Å². The van der Waals surface area contributed by atoms with Gasteiger partial charge in [-0.05, 0) is 53.3 Å². The Kier molecular flexibility index (Phi) is 6.88. The zero-order valence-corrected chi connectivity index (χ0v) is 15.5. The summed E-state index contributed by atoms with van der Waals surface area (Å²) in [5, 5.41) is 0. The molecule has 1 unspecified atom stereocenters. The van der Waals surface area contributed by atoms with E-state index in [1.165, 1.54) is 5.56 Å². The second kappa shape index (κ2) is 7.95. The lowest BCUT2D eigenvalue weighted by Gasteiger charge is -2.36. The molecular formula is C17H27BrN2O. The molecule has 0 saturated carbocycles. The van der Waals surface area contributed by atoms with E-state index >= 15 is 0 Å². The van der Waals surface area contributed by atoms with E-state index in [1.807, 2.05) is 37.1 Å². The quantitative estimate of drug-likeness (QED) is 0.772. The fourth-order valence-corrected chi connectivity index (χ4v) is 2.95. The van der Waals surface area contributed by atoms with Crippen LogP contribution >= 0.6 is 15.9 Å². The van der Waals surface area contributed by atoms with Gasteiger partial charge in [0.25, 0.3) is 0 Å². The average molecular weight is 355 g/mol. The molecule has 0 aliphatic heterocycles. The van der Waals surface area contributed by atoms with Crippen molar-refractivity contribution >= 4 is 21.8 Å². The molecule has 0 aliphatic carbocycles. The van der Waals surface area contributed by atoms with Crippen LogP contribution in [0.4, 0.5) is 0 Å². The van der Waals surface area contributed by atoms with E-state index < -0.39 is 0 Å². The SMILES string of the molecule is CC(C(=O)N(C(C)C)C(C)C)N(C)Cc1ccccc1Br. The van der Waals surface area contributed by atoms with Gasteiger partial charge in [0.15, 0.2) is 0 Å². The highest BCUT2D eigenvalue weighted by atomic mass is 79.9. The lowest BCUT2D eigenvalue weighted by molar-refractivity contribution is -0.139. The van der Waals surface area contributed by atoms with Crippen LogP contribution in [0, 0.1) is 0 Å². The number of amides is 1. The van der Waals surface area contributed by atoms with Crippen molar-refractivity contribution in [3.8, 4) is 0 Å². The standard InChI is InChI=1S/C17H27BrN2O/c1-12(2)20(13(3)4)17(21)14(5)19(6)11-15-9-7-8-10-16(15)18/h7-10,12-14H,11H2,1-6H3. The monoisotopic (exact) mass is 354 g/mol. The third kappa shape index (κ3) is 4.82. The van der Waals surface area contributed by atoms with Crippen molar-refractivity contribution in [2.24, 2.45) is 0 Å². The Hall–Kier alpha value is -0.870. The molecule has 0 radical (unpaired) electrons. The molecule has 1 aromatic rings. The zero-order chi connectivity index (χ0) is 16.2. The molecule has 0 saturated heterocycles. The Balaban J connectivity index is 2.80. The summed E-state index contributed by atoms with van der Waals surface area (Å²) < 4.78 is 1.08. The molecule has 0 heterocycles. The van der Waals surface area contributed by atoms with Crippen LogP contribution in [0.2, 0.25) is 0 Å². The Morgan fingerprint density at radius 3 is 2.10 bits per heavy atom. The van der Waals surface area contributed by atoms with Gasteiger partial charge in [-0.2, -0.15) is 0 Å². The second-order valence-electron chi connectivity index (χ2n) is 6.12. The summed E-state index contributed by atoms with van der Waals surface area (Å²) in [6.45, 7) is 11.0. The van der Waals surface area contributed by atoms with Gasteiger partial charge in [-0.3, -0.25) is 9.69 Å². The Labute approximate surface area is 137 Å². The first-order valence-corrected chi connectivity index (χ1v) is 8.30. The van der Waals surface area contributed by atoms with Crippen molar-refractivity contribution < 1.29 is 4.79 Å². The van der Waals surface area contributed by atoms with Crippen molar-refractivity contribution in [1.82, 2.24) is 9.80 Å². The molecule has 3 nitrogen and oxygen atoms in total. The number of benzene rings is 1. The van der Waals surface area contributed by atoms with Crippen LogP contribution in [-0.2, 0) is 11.3 Å². The summed E-state index contributed by atoms with van der Waals surface area (Å²) in [5.74, 6) is 0.189. The molecule has 118 valence electrons. The third-order valence-corrected chi connectivity index (χ3v) is 4.54. The van der Waals surface area contributed by atoms with Crippen molar-refractivity contribution in [3.63, 3.8) is 0 Å². The second-order valence-corrected chi connectivity index (χ2v) is 6.97. The van der Waals surface area contributed by atoms with Crippen LogP contribution in [0.1, 0.15) is 40.2 Å². The maximum Gasteiger partial charge on any atom is 0.240 e. The van der Waals surface area contributed by atoms with Gasteiger partial charge in [0.1, 0.15) is 0 Å². The summed E-state index contributed by atoms with van der Waals surface area (Å²) in [6, 6.07) is 8.44. The molecule has 4 heteroatoms. The van der Waals surface area contributed by atoms with Crippen LogP contribution < -0.4 is 0 Å². The topological polar surface area (TPSA) is 23.6 Å². The van der Waals surface area contributed by atoms with Gasteiger partial charge in [-0.1, -0.05) is 34.1 Å². The molecule has 1 amide bonds. The van der Waals surface area contributed by atoms with Gasteiger partial charge < -0.3 is 4.90 Å². The highest BCUT2D eigenvalue weighted by Gasteiger charge is 2.27. The van der Waals surface area contributed by atoms with Gasteiger partial charge in [-0.15, -0.1) is 0 Å². The number of likely N-dealkylation sites (N-methyl/N-ethyl adjacent to an activating group) is 1. The third-order valence-electron chi connectivity index (χ3n) is 3.76. The van der Waals surface area contributed by atoms with Crippen molar-refractivity contribution in [1.29, 1.82) is 0 Å². The first kappa shape index (κ1) is 18.2. The van der Waals surface area contributed by atoms with Gasteiger partial charge in [0.05, 0.1) is 6.04 Å². The summed E-state index contributed by atoms with van der Waals surface area (Å²) in [4.78, 5) is 16.8. The number of halogens is 1. The Morgan fingerprint density at radius 1 is 1.10 bits per heavy atom. The normalized spacial score (nSPS) is 13.0. The van der Waals surface area contributed by atoms with Crippen molar-refractivity contribution in [2.75, 3.05) is 7.05 Å². The number of carbonyl (C=O) groups is 1. The highest BCUT2D eigenvalue weighted by molar-refractivity contribution is 9.10. The van der Waals surface area contributed by atoms with Gasteiger partial charge in [-0.25, -0.2) is 0 Å². The number of nitrogens with zero attached hydrogens (tertiary/aromatic N) is 2. The van der Waals surface area contributed by atoms with Crippen LogP contribution in [0.5, 0.6) is 0 Å². The van der Waals surface area contributed by atoms with E-state index in [2.05, 4.69) is 54.6 Å². The lowest BCUT2D eigenvalue weighted by Crippen LogP contribution is -2.50. The molecule has 0 spiro atoms. The summed E-state index contributed by atoms with van der Waals surface area (Å²) in [6.07, 6.45) is 0. The number of hydrogen-bond donors (Lipinski definition) is 0. The fraction of sp³-hybridized carbons (Fsp3) is 0.588. The molecule has 1 atom stereocenters. The molecular weight excluding hydrogens is 328 g/mol. The minimum Gasteiger partial charge on any atom is -0.336 e. The van der Waals surface area contributed by atoms with E-state index in [-0.39, 0.29) is 24.0 Å². The molecule has 0 fully saturated rings. The van der Waals surface area contributed by atoms with Crippen molar-refractivity contribution in [2.45, 2.75) is 59.3 Å². The largest absolute Gasteiger partial charge is 0.336 e. The minimum absolute atomic E-state index is 0.137. The number of hydrogen-bond acceptors (Lipinski definition) is 2. The Morgan fingerprint density at radius 2 is 1.62 bits per heavy atom. The molecule has 1 rings (SSSR count). The van der Waals surface area contributed by atoms with Crippen LogP contribution in [0.25, 0.3) is 0 Å². The minimum atomic E-state index is -0.137. The van der Waals surface area contributed by atoms with E-state index in [0.29, 0.717) is 0 Å². The van der Waals surface area contributed by atoms with Crippen LogP contribution in [0.3, 0.4) is 0 Å². The Bertz CT molecular complexity index is 466. The van der Waals surface area contributed by atoms with Gasteiger partial charge in [0.2, 0.25) is 5.91 Å². The highest BCUT2D eigenvalue weighted by Crippen LogP contribution is 2.19. The maximum absolute atomic E-state index is 12.7. The molecule has 0 aliphatic rings. The number of rotatable bonds is 6. The summed E-state index contributed by atoms with van der Waals surface area (Å²) >= 11 is 3.56. The van der Waals surface area contributed by atoms with E-state index in [4.69, 9.17) is 0 Å². The van der Waals surface area contributed by atoms with E-state index in [9.17, 15) is 4.79 Å². The summed E-state index contributed by atoms with van der Waals surface area (Å²) in [7, 11) is 2.00. The zero-order valence-electron chi connectivity index (χ0n) is 13.9. The van der Waals surface area contributed by atoms with Gasteiger partial charge in [0, 0.05) is 23.1 Å². The maximum atomic E-state index is 12.7. The predicted octanol–water partition coefficient (Wildman–Crippen LogP) is 3.91. The van der Waals surface area contributed by atoms with Crippen molar-refractivity contribution in [3.05, 3.63) is 34.3 Å². The molecule has 0 N–H and O–H groups in total.